The van der Waals surface area contributed by atoms with E-state index in [2.05, 4.69) is 20.3 Å². The molecular formula is C15H19N5O. The van der Waals surface area contributed by atoms with Gasteiger partial charge in [0, 0.05) is 36.9 Å². The summed E-state index contributed by atoms with van der Waals surface area (Å²) in [5.74, 6) is 2.49. The molecular weight excluding hydrogens is 266 g/mol. The lowest BCUT2D eigenvalue weighted by atomic mass is 10.0. The van der Waals surface area contributed by atoms with Gasteiger partial charge >= 0.3 is 0 Å². The van der Waals surface area contributed by atoms with Crippen LogP contribution >= 0.6 is 0 Å². The number of hydrogen-bond donors (Lipinski definition) is 2. The van der Waals surface area contributed by atoms with Crippen LogP contribution in [-0.2, 0) is 11.3 Å². The van der Waals surface area contributed by atoms with Crippen LogP contribution in [0, 0.1) is 6.92 Å². The Morgan fingerprint density at radius 3 is 3.10 bits per heavy atom. The highest BCUT2D eigenvalue weighted by molar-refractivity contribution is 5.43. The lowest BCUT2D eigenvalue weighted by Crippen LogP contribution is -2.09. The number of hydrogen-bond acceptors (Lipinski definition) is 6. The van der Waals surface area contributed by atoms with Gasteiger partial charge in [0.2, 0.25) is 0 Å². The first-order chi connectivity index (χ1) is 10.2. The van der Waals surface area contributed by atoms with Crippen molar-refractivity contribution >= 4 is 11.6 Å². The number of nitrogens with two attached hydrogens (primary N) is 1. The monoisotopic (exact) mass is 285 g/mol. The maximum Gasteiger partial charge on any atom is 0.130 e. The summed E-state index contributed by atoms with van der Waals surface area (Å²) in [6, 6.07) is 5.83. The van der Waals surface area contributed by atoms with E-state index in [4.69, 9.17) is 10.5 Å². The maximum absolute atomic E-state index is 5.84. The number of ether oxygens (including phenoxy) is 1. The molecule has 0 amide bonds. The summed E-state index contributed by atoms with van der Waals surface area (Å²) in [6.45, 7) is 4.05. The van der Waals surface area contributed by atoms with E-state index in [9.17, 15) is 0 Å². The van der Waals surface area contributed by atoms with E-state index in [1.165, 1.54) is 0 Å². The molecule has 21 heavy (non-hydrogen) atoms. The number of aryl methyl sites for hydroxylation is 1. The van der Waals surface area contributed by atoms with Crippen molar-refractivity contribution in [1.29, 1.82) is 0 Å². The summed E-state index contributed by atoms with van der Waals surface area (Å²) < 4.78 is 5.43. The predicted molar refractivity (Wildman–Crippen MR) is 80.9 cm³/mol. The van der Waals surface area contributed by atoms with Crippen molar-refractivity contribution in [3.8, 4) is 0 Å². The first kappa shape index (κ1) is 13.8. The van der Waals surface area contributed by atoms with E-state index < -0.39 is 0 Å². The molecule has 0 aromatic carbocycles. The fourth-order valence-corrected chi connectivity index (χ4v) is 2.44. The van der Waals surface area contributed by atoms with Crippen LogP contribution in [0.15, 0.2) is 24.4 Å². The summed E-state index contributed by atoms with van der Waals surface area (Å²) in [4.78, 5) is 13.0. The van der Waals surface area contributed by atoms with E-state index in [0.717, 1.165) is 42.5 Å². The topological polar surface area (TPSA) is 86.0 Å². The molecule has 1 atom stereocenters. The minimum Gasteiger partial charge on any atom is -0.383 e. The second-order valence-corrected chi connectivity index (χ2v) is 5.19. The Balaban J connectivity index is 1.74. The van der Waals surface area contributed by atoms with Crippen molar-refractivity contribution in [3.63, 3.8) is 0 Å². The van der Waals surface area contributed by atoms with E-state index in [-0.39, 0.29) is 0 Å². The van der Waals surface area contributed by atoms with Gasteiger partial charge in [0.05, 0.1) is 12.3 Å². The van der Waals surface area contributed by atoms with Crippen molar-refractivity contribution in [2.45, 2.75) is 25.8 Å². The smallest absolute Gasteiger partial charge is 0.130 e. The quantitative estimate of drug-likeness (QED) is 0.892. The summed E-state index contributed by atoms with van der Waals surface area (Å²) in [5, 5.41) is 3.29. The van der Waals surface area contributed by atoms with Gasteiger partial charge in [0.25, 0.3) is 0 Å². The number of nitrogens with one attached hydrogen (secondary N) is 1. The van der Waals surface area contributed by atoms with Crippen LogP contribution in [0.4, 0.5) is 11.6 Å². The van der Waals surface area contributed by atoms with Gasteiger partial charge in [0.1, 0.15) is 17.5 Å². The van der Waals surface area contributed by atoms with Gasteiger partial charge in [-0.25, -0.2) is 15.0 Å². The average Bonchev–Trinajstić information content (AvgIpc) is 3.00. The summed E-state index contributed by atoms with van der Waals surface area (Å²) in [7, 11) is 0. The van der Waals surface area contributed by atoms with Crippen molar-refractivity contribution in [2.75, 3.05) is 24.3 Å². The Morgan fingerprint density at radius 1 is 1.43 bits per heavy atom. The molecule has 0 bridgehead atoms. The van der Waals surface area contributed by atoms with Crippen LogP contribution in [0.1, 0.15) is 29.4 Å². The highest BCUT2D eigenvalue weighted by Gasteiger charge is 2.20. The number of rotatable bonds is 4. The fraction of sp³-hybridized carbons (Fsp3) is 0.400. The van der Waals surface area contributed by atoms with Crippen molar-refractivity contribution in [2.24, 2.45) is 0 Å². The van der Waals surface area contributed by atoms with Gasteiger partial charge in [-0.1, -0.05) is 6.07 Å². The van der Waals surface area contributed by atoms with Crippen LogP contribution in [0.3, 0.4) is 0 Å². The Kier molecular flexibility index (Phi) is 3.96. The number of pyridine rings is 1. The molecule has 2 aromatic heterocycles. The van der Waals surface area contributed by atoms with Crippen molar-refractivity contribution < 1.29 is 4.74 Å². The number of anilines is 2. The molecule has 6 nitrogen and oxygen atoms in total. The third-order valence-electron chi connectivity index (χ3n) is 3.59. The zero-order valence-corrected chi connectivity index (χ0v) is 12.0. The molecule has 0 spiro atoms. The van der Waals surface area contributed by atoms with Gasteiger partial charge in [-0.05, 0) is 19.4 Å². The molecule has 3 rings (SSSR count). The highest BCUT2D eigenvalue weighted by Crippen LogP contribution is 2.25. The third kappa shape index (κ3) is 3.28. The third-order valence-corrected chi connectivity index (χ3v) is 3.59. The van der Waals surface area contributed by atoms with Crippen LogP contribution in [0.25, 0.3) is 0 Å². The Bertz CT molecular complexity index is 625. The molecule has 1 aliphatic rings. The molecule has 0 unspecified atom stereocenters. The normalized spacial score (nSPS) is 17.9. The standard InChI is InChI=1S/C15H19N5O/c1-10-19-13(12-4-6-21-9-12)7-14(20-10)18-8-11-3-2-5-17-15(11)16/h2-3,5,7,12H,4,6,8-9H2,1H3,(H2,16,17)(H,18,19,20)/t12-/m1/s1. The molecule has 0 aliphatic carbocycles. The second-order valence-electron chi connectivity index (χ2n) is 5.19. The summed E-state index contributed by atoms with van der Waals surface area (Å²) in [6.07, 6.45) is 2.71. The Hall–Kier alpha value is -2.21. The summed E-state index contributed by atoms with van der Waals surface area (Å²) in [5.41, 5.74) is 7.84. The van der Waals surface area contributed by atoms with Gasteiger partial charge in [-0.2, -0.15) is 0 Å². The first-order valence-electron chi connectivity index (χ1n) is 7.09. The lowest BCUT2D eigenvalue weighted by Gasteiger charge is -2.12. The zero-order chi connectivity index (χ0) is 14.7. The van der Waals surface area contributed by atoms with E-state index in [0.29, 0.717) is 18.3 Å². The van der Waals surface area contributed by atoms with Crippen molar-refractivity contribution in [1.82, 2.24) is 15.0 Å². The molecule has 6 heteroatoms. The van der Waals surface area contributed by atoms with E-state index in [1.54, 1.807) is 6.20 Å². The van der Waals surface area contributed by atoms with Gasteiger partial charge < -0.3 is 15.8 Å². The Labute approximate surface area is 123 Å². The fourth-order valence-electron chi connectivity index (χ4n) is 2.44. The number of nitrogens with zero attached hydrogens (tertiary/aromatic N) is 3. The Morgan fingerprint density at radius 2 is 2.33 bits per heavy atom. The molecule has 3 heterocycles. The second kappa shape index (κ2) is 6.05. The molecule has 2 aromatic rings. The van der Waals surface area contributed by atoms with Crippen LogP contribution in [0.5, 0.6) is 0 Å². The average molecular weight is 285 g/mol. The summed E-state index contributed by atoms with van der Waals surface area (Å²) >= 11 is 0. The lowest BCUT2D eigenvalue weighted by molar-refractivity contribution is 0.193. The van der Waals surface area contributed by atoms with E-state index >= 15 is 0 Å². The maximum atomic E-state index is 5.84. The first-order valence-corrected chi connectivity index (χ1v) is 7.09. The van der Waals surface area contributed by atoms with Crippen LogP contribution in [-0.4, -0.2) is 28.2 Å². The molecule has 110 valence electrons. The molecule has 1 saturated heterocycles. The minimum atomic E-state index is 0.371. The van der Waals surface area contributed by atoms with Gasteiger partial charge in [-0.3, -0.25) is 0 Å². The van der Waals surface area contributed by atoms with E-state index in [1.807, 2.05) is 25.1 Å². The molecule has 0 radical (unpaired) electrons. The predicted octanol–water partition coefficient (Wildman–Crippen LogP) is 1.88. The molecule has 1 fully saturated rings. The highest BCUT2D eigenvalue weighted by atomic mass is 16.5. The molecule has 1 aliphatic heterocycles. The minimum absolute atomic E-state index is 0.371. The van der Waals surface area contributed by atoms with Crippen LogP contribution in [0.2, 0.25) is 0 Å². The largest absolute Gasteiger partial charge is 0.383 e. The van der Waals surface area contributed by atoms with Crippen molar-refractivity contribution in [3.05, 3.63) is 41.5 Å². The zero-order valence-electron chi connectivity index (χ0n) is 12.0. The number of aromatic nitrogens is 3. The van der Waals surface area contributed by atoms with Crippen LogP contribution < -0.4 is 11.1 Å². The van der Waals surface area contributed by atoms with Gasteiger partial charge in [0.15, 0.2) is 0 Å². The molecule has 3 N–H and O–H groups in total. The molecule has 0 saturated carbocycles. The number of nitrogen functional groups attached to an aromatic ring is 1. The SMILES string of the molecule is Cc1nc(NCc2cccnc2N)cc([C@@H]2CCOC2)n1. The van der Waals surface area contributed by atoms with Gasteiger partial charge in [-0.15, -0.1) is 0 Å².